The Hall–Kier alpha value is -0.570. The molecule has 0 radical (unpaired) electrons. The first kappa shape index (κ1) is 11.9. The zero-order valence-electron chi connectivity index (χ0n) is 10.6. The Morgan fingerprint density at radius 2 is 2.12 bits per heavy atom. The van der Waals surface area contributed by atoms with Crippen LogP contribution in [0.2, 0.25) is 0 Å². The van der Waals surface area contributed by atoms with Crippen molar-refractivity contribution in [3.05, 3.63) is 6.54 Å². The van der Waals surface area contributed by atoms with Crippen LogP contribution in [0.15, 0.2) is 0 Å². The molecule has 1 atom stereocenters. The van der Waals surface area contributed by atoms with E-state index < -0.39 is 0 Å². The molecule has 1 N–H and O–H groups in total. The van der Waals surface area contributed by atoms with Crippen molar-refractivity contribution in [3.63, 3.8) is 0 Å². The summed E-state index contributed by atoms with van der Waals surface area (Å²) in [4.78, 5) is 12.1. The molecule has 0 bridgehead atoms. The van der Waals surface area contributed by atoms with Gasteiger partial charge < -0.3 is 9.80 Å². The Morgan fingerprint density at radius 1 is 1.38 bits per heavy atom. The summed E-state index contributed by atoms with van der Waals surface area (Å²) >= 11 is 0. The van der Waals surface area contributed by atoms with Crippen molar-refractivity contribution in [2.75, 3.05) is 20.1 Å². The molecule has 92 valence electrons. The van der Waals surface area contributed by atoms with Crippen molar-refractivity contribution in [2.24, 2.45) is 0 Å². The summed E-state index contributed by atoms with van der Waals surface area (Å²) in [5, 5.41) is 2.87. The average Bonchev–Trinajstić information content (AvgIpc) is 3.12. The Morgan fingerprint density at radius 3 is 2.69 bits per heavy atom. The van der Waals surface area contributed by atoms with Gasteiger partial charge in [-0.15, -0.1) is 13.0 Å². The fraction of sp³-hybridized carbons (Fsp3) is 0.846. The van der Waals surface area contributed by atoms with Crippen molar-refractivity contribution >= 4 is 5.91 Å². The van der Waals surface area contributed by atoms with Crippen molar-refractivity contribution in [1.29, 1.82) is 0 Å². The van der Waals surface area contributed by atoms with E-state index in [0.29, 0.717) is 0 Å². The van der Waals surface area contributed by atoms with E-state index in [1.165, 1.54) is 25.7 Å². The van der Waals surface area contributed by atoms with E-state index >= 15 is 0 Å². The molecule has 1 amide bonds. The normalized spacial score (nSPS) is 32.9. The van der Waals surface area contributed by atoms with Crippen molar-refractivity contribution in [2.45, 2.75) is 51.0 Å². The molecular formula is C13H24N2O. The number of carbonyl (C=O) groups excluding carboxylic acids is 1. The topological polar surface area (TPSA) is 29.1 Å². The van der Waals surface area contributed by atoms with E-state index in [4.69, 9.17) is 0 Å². The number of rotatable bonds is 3. The number of amides is 1. The van der Waals surface area contributed by atoms with Gasteiger partial charge in [0, 0.05) is 19.9 Å². The summed E-state index contributed by atoms with van der Waals surface area (Å²) in [6.07, 6.45) is 7.19. The monoisotopic (exact) mass is 224 g/mol. The molecule has 2 fully saturated rings. The minimum Gasteiger partial charge on any atom is -0.442 e. The van der Waals surface area contributed by atoms with Gasteiger partial charge in [-0.25, -0.2) is 0 Å². The predicted molar refractivity (Wildman–Crippen MR) is 64.5 cm³/mol. The van der Waals surface area contributed by atoms with Gasteiger partial charge in [-0.3, -0.25) is 4.79 Å². The fourth-order valence-corrected chi connectivity index (χ4v) is 3.35. The summed E-state index contributed by atoms with van der Waals surface area (Å²) < 4.78 is 0.937. The molecule has 0 aromatic rings. The van der Waals surface area contributed by atoms with Crippen molar-refractivity contribution in [3.8, 4) is 0 Å². The Bertz CT molecular complexity index is 263. The highest BCUT2D eigenvalue weighted by molar-refractivity contribution is 5.87. The van der Waals surface area contributed by atoms with Crippen molar-refractivity contribution < 1.29 is 9.28 Å². The highest BCUT2D eigenvalue weighted by atomic mass is 16.2. The fourth-order valence-electron chi connectivity index (χ4n) is 3.35. The van der Waals surface area contributed by atoms with Gasteiger partial charge in [0.05, 0.1) is 13.1 Å². The smallest absolute Gasteiger partial charge is 0.278 e. The van der Waals surface area contributed by atoms with Crippen LogP contribution in [0.1, 0.15) is 45.4 Å². The molecule has 1 saturated heterocycles. The molecule has 1 unspecified atom stereocenters. The maximum atomic E-state index is 12.1. The summed E-state index contributed by atoms with van der Waals surface area (Å²) in [5.41, 5.74) is -0.103. The maximum Gasteiger partial charge on any atom is 0.278 e. The number of likely N-dealkylation sites (tertiary alicyclic amines) is 1. The molecule has 1 aliphatic heterocycles. The molecular weight excluding hydrogens is 200 g/mol. The van der Waals surface area contributed by atoms with Gasteiger partial charge in [-0.1, -0.05) is 12.8 Å². The standard InChI is InChI=1S/C13H24N2O/c1-3-15(10-6-4-5-7-11-15)13(8-9-13)12(16)14-2/h10H,3-9,11H2,1-2H3,(H,14,16). The van der Waals surface area contributed by atoms with Gasteiger partial charge in [-0.2, -0.15) is 0 Å². The van der Waals surface area contributed by atoms with Gasteiger partial charge >= 0.3 is 0 Å². The molecule has 1 saturated carbocycles. The van der Waals surface area contributed by atoms with Gasteiger partial charge in [0.15, 0.2) is 5.54 Å². The third-order valence-electron chi connectivity index (χ3n) is 4.53. The Balaban J connectivity index is 2.22. The molecule has 3 heteroatoms. The molecule has 1 aliphatic carbocycles. The first-order chi connectivity index (χ1) is 7.71. The van der Waals surface area contributed by atoms with Crippen LogP contribution >= 0.6 is 0 Å². The Kier molecular flexibility index (Phi) is 3.24. The second-order valence-corrected chi connectivity index (χ2v) is 5.22. The van der Waals surface area contributed by atoms with Crippen LogP contribution in [-0.2, 0) is 4.79 Å². The highest BCUT2D eigenvalue weighted by Gasteiger charge is 2.60. The van der Waals surface area contributed by atoms with E-state index in [9.17, 15) is 4.79 Å². The first-order valence-corrected chi connectivity index (χ1v) is 6.64. The molecule has 0 spiro atoms. The van der Waals surface area contributed by atoms with E-state index in [2.05, 4.69) is 18.8 Å². The summed E-state index contributed by atoms with van der Waals surface area (Å²) in [5.74, 6) is 0.257. The maximum absolute atomic E-state index is 12.1. The number of nitrogens with zero attached hydrogens (tertiary/aromatic N) is 1. The minimum atomic E-state index is -0.103. The Labute approximate surface area is 98.8 Å². The van der Waals surface area contributed by atoms with E-state index in [0.717, 1.165) is 30.4 Å². The van der Waals surface area contributed by atoms with Gasteiger partial charge in [-0.05, 0) is 13.3 Å². The van der Waals surface area contributed by atoms with Crippen LogP contribution in [0.25, 0.3) is 0 Å². The lowest BCUT2D eigenvalue weighted by atomic mass is 10.1. The van der Waals surface area contributed by atoms with Crippen LogP contribution in [0.3, 0.4) is 0 Å². The molecule has 3 nitrogen and oxygen atoms in total. The predicted octanol–water partition coefficient (Wildman–Crippen LogP) is 1.84. The first-order valence-electron chi connectivity index (χ1n) is 6.64. The van der Waals surface area contributed by atoms with Crippen molar-refractivity contribution in [1.82, 2.24) is 5.32 Å². The minimum absolute atomic E-state index is 0.103. The summed E-state index contributed by atoms with van der Waals surface area (Å²) in [6, 6.07) is 0. The van der Waals surface area contributed by atoms with E-state index in [1.54, 1.807) is 7.05 Å². The average molecular weight is 224 g/mol. The van der Waals surface area contributed by atoms with Crippen LogP contribution < -0.4 is 5.32 Å². The van der Waals surface area contributed by atoms with Crippen LogP contribution in [-0.4, -0.2) is 36.1 Å². The van der Waals surface area contributed by atoms with E-state index in [-0.39, 0.29) is 11.4 Å². The number of hydrogen-bond acceptors (Lipinski definition) is 1. The van der Waals surface area contributed by atoms with Crippen LogP contribution in [0.5, 0.6) is 0 Å². The third-order valence-corrected chi connectivity index (χ3v) is 4.53. The summed E-state index contributed by atoms with van der Waals surface area (Å²) in [6.45, 7) is 6.87. The largest absolute Gasteiger partial charge is 0.442 e. The van der Waals surface area contributed by atoms with Crippen LogP contribution in [0, 0.1) is 6.54 Å². The summed E-state index contributed by atoms with van der Waals surface area (Å²) in [7, 11) is 1.77. The number of carbonyl (C=O) groups is 1. The zero-order valence-corrected chi connectivity index (χ0v) is 10.6. The van der Waals surface area contributed by atoms with Gasteiger partial charge in [0.1, 0.15) is 0 Å². The quantitative estimate of drug-likeness (QED) is 0.575. The molecule has 2 rings (SSSR count). The molecule has 0 aromatic heterocycles. The lowest BCUT2D eigenvalue weighted by Crippen LogP contribution is -2.61. The second-order valence-electron chi connectivity index (χ2n) is 5.22. The number of nitrogens with one attached hydrogen (secondary N) is 1. The van der Waals surface area contributed by atoms with Gasteiger partial charge in [0.2, 0.25) is 0 Å². The number of likely N-dealkylation sites (N-methyl/N-ethyl adjacent to an activating group) is 2. The lowest BCUT2D eigenvalue weighted by Gasteiger charge is -2.52. The molecule has 16 heavy (non-hydrogen) atoms. The third kappa shape index (κ3) is 1.65. The molecule has 0 aromatic carbocycles. The van der Waals surface area contributed by atoms with Crippen LogP contribution in [0.4, 0.5) is 0 Å². The SMILES string of the molecule is CC[N+]1(C2(C(=O)NC)CC2)[CH-]CCCCC1. The van der Waals surface area contributed by atoms with E-state index in [1.807, 2.05) is 0 Å². The lowest BCUT2D eigenvalue weighted by molar-refractivity contribution is -0.923. The number of quaternary nitrogens is 1. The molecule has 1 heterocycles. The van der Waals surface area contributed by atoms with Gasteiger partial charge in [0.25, 0.3) is 5.91 Å². The number of hydrogen-bond donors (Lipinski definition) is 1. The zero-order chi connectivity index (χ0) is 11.6. The molecule has 2 aliphatic rings. The highest BCUT2D eigenvalue weighted by Crippen LogP contribution is 2.49. The second kappa shape index (κ2) is 4.36.